The Balaban J connectivity index is 1.28. The summed E-state index contributed by atoms with van der Waals surface area (Å²) in [7, 11) is 1.71. The van der Waals surface area contributed by atoms with Gasteiger partial charge in [-0.2, -0.15) is 0 Å². The summed E-state index contributed by atoms with van der Waals surface area (Å²) in [6.07, 6.45) is 7.94. The number of hydrogen-bond acceptors (Lipinski definition) is 5. The smallest absolute Gasteiger partial charge is 0.178 e. The third kappa shape index (κ3) is 6.11. The van der Waals surface area contributed by atoms with Crippen LogP contribution < -0.4 is 14.4 Å². The fraction of sp³-hybridized carbons (Fsp3) is 0.333. The van der Waals surface area contributed by atoms with E-state index >= 15 is 0 Å². The van der Waals surface area contributed by atoms with E-state index in [0.29, 0.717) is 0 Å². The molecule has 6 aromatic carbocycles. The maximum Gasteiger partial charge on any atom is 0.178 e. The number of aliphatic hydroxyl groups is 1. The predicted octanol–water partition coefficient (Wildman–Crippen LogP) is 12.0. The molecule has 2 heterocycles. The summed E-state index contributed by atoms with van der Waals surface area (Å²) in [6.45, 7) is 15.1. The lowest BCUT2D eigenvalue weighted by atomic mass is 9.52. The van der Waals surface area contributed by atoms with Crippen molar-refractivity contribution in [3.8, 4) is 33.8 Å². The van der Waals surface area contributed by atoms with E-state index in [0.717, 1.165) is 95.7 Å². The fourth-order valence-electron chi connectivity index (χ4n) is 11.9. The molecule has 1 atom stereocenters. The standard InChI is InChI=1S/C54H55NO4/c1-35-11-15-38(16-12-35)54(39-17-21-41(57-6)22-18-39)24-23-43-49-48(42-9-7-8-10-47(42)53(49)33-51(2,3)32-52(4,5)34-53)45-29-37(31-56)44(30-46(45)50(43)59-54)36-13-19-40(20-14-36)55-25-27-58-28-26-55/h7-24,29-30,56H,25-28,31-34H2,1-6H3. The third-order valence-corrected chi connectivity index (χ3v) is 13.7. The second kappa shape index (κ2) is 13.9. The molecule has 5 heteroatoms. The summed E-state index contributed by atoms with van der Waals surface area (Å²) in [5.74, 6) is 1.70. The van der Waals surface area contributed by atoms with Crippen molar-refractivity contribution >= 4 is 22.5 Å². The molecule has 0 radical (unpaired) electrons. The van der Waals surface area contributed by atoms with Crippen molar-refractivity contribution in [2.45, 2.75) is 71.5 Å². The van der Waals surface area contributed by atoms with Gasteiger partial charge in [0.05, 0.1) is 26.9 Å². The Labute approximate surface area is 349 Å². The highest BCUT2D eigenvalue weighted by Crippen LogP contribution is 2.67. The highest BCUT2D eigenvalue weighted by molar-refractivity contribution is 6.10. The molecule has 0 amide bonds. The number of rotatable bonds is 6. The lowest BCUT2D eigenvalue weighted by Gasteiger charge is -2.52. The molecule has 2 fully saturated rings. The van der Waals surface area contributed by atoms with Gasteiger partial charge in [0.15, 0.2) is 5.60 Å². The van der Waals surface area contributed by atoms with E-state index in [1.807, 2.05) is 12.1 Å². The van der Waals surface area contributed by atoms with Gasteiger partial charge >= 0.3 is 0 Å². The van der Waals surface area contributed by atoms with Crippen molar-refractivity contribution in [3.63, 3.8) is 0 Å². The Kier molecular flexibility index (Phi) is 8.90. The molecule has 1 unspecified atom stereocenters. The molecule has 10 rings (SSSR count). The third-order valence-electron chi connectivity index (χ3n) is 13.7. The molecular formula is C54H55NO4. The first-order valence-electron chi connectivity index (χ1n) is 21.4. The van der Waals surface area contributed by atoms with Crippen LogP contribution >= 0.6 is 0 Å². The maximum atomic E-state index is 11.2. The second-order valence-electron chi connectivity index (χ2n) is 19.1. The number of nitrogens with zero attached hydrogens (tertiary/aromatic N) is 1. The zero-order valence-electron chi connectivity index (χ0n) is 35.3. The van der Waals surface area contributed by atoms with Crippen LogP contribution in [0, 0.1) is 17.8 Å². The largest absolute Gasteiger partial charge is 0.497 e. The Morgan fingerprint density at radius 3 is 2.05 bits per heavy atom. The first kappa shape index (κ1) is 37.9. The van der Waals surface area contributed by atoms with Gasteiger partial charge < -0.3 is 24.2 Å². The summed E-state index contributed by atoms with van der Waals surface area (Å²) in [6, 6.07) is 39.7. The predicted molar refractivity (Wildman–Crippen MR) is 241 cm³/mol. The van der Waals surface area contributed by atoms with Crippen molar-refractivity contribution in [2.75, 3.05) is 38.3 Å². The maximum absolute atomic E-state index is 11.2. The molecule has 0 aromatic heterocycles. The average molecular weight is 782 g/mol. The van der Waals surface area contributed by atoms with Gasteiger partial charge in [0.25, 0.3) is 0 Å². The van der Waals surface area contributed by atoms with Gasteiger partial charge in [0.1, 0.15) is 11.5 Å². The zero-order valence-corrected chi connectivity index (χ0v) is 35.3. The molecule has 1 saturated heterocycles. The number of morpholine rings is 1. The van der Waals surface area contributed by atoms with E-state index in [9.17, 15) is 5.11 Å². The van der Waals surface area contributed by atoms with Crippen LogP contribution in [-0.2, 0) is 22.4 Å². The first-order chi connectivity index (χ1) is 28.4. The SMILES string of the molecule is COc1ccc(C2(c3ccc(C)cc3)C=Cc3c4c(c5cc(CO)c(-c6ccc(N7CCOCC7)cc6)cc5c3O2)-c2ccccc2C42CC(C)(C)CC(C)(C)C2)cc1. The quantitative estimate of drug-likeness (QED) is 0.182. The number of benzene rings is 6. The molecule has 1 saturated carbocycles. The van der Waals surface area contributed by atoms with E-state index in [-0.39, 0.29) is 22.9 Å². The Bertz CT molecular complexity index is 2600. The van der Waals surface area contributed by atoms with Crippen LogP contribution in [0.15, 0.2) is 115 Å². The first-order valence-corrected chi connectivity index (χ1v) is 21.4. The molecule has 2 aliphatic heterocycles. The molecule has 2 aliphatic carbocycles. The highest BCUT2D eigenvalue weighted by Gasteiger charge is 2.55. The number of aliphatic hydroxyl groups excluding tert-OH is 1. The topological polar surface area (TPSA) is 51.2 Å². The van der Waals surface area contributed by atoms with Crippen LogP contribution in [0.4, 0.5) is 5.69 Å². The number of ether oxygens (including phenoxy) is 3. The summed E-state index contributed by atoms with van der Waals surface area (Å²) in [5, 5.41) is 13.4. The Morgan fingerprint density at radius 2 is 1.39 bits per heavy atom. The van der Waals surface area contributed by atoms with Crippen LogP contribution in [-0.4, -0.2) is 38.5 Å². The van der Waals surface area contributed by atoms with E-state index in [1.54, 1.807) is 7.11 Å². The lowest BCUT2D eigenvalue weighted by Crippen LogP contribution is -2.44. The van der Waals surface area contributed by atoms with Crippen molar-refractivity contribution in [2.24, 2.45) is 10.8 Å². The van der Waals surface area contributed by atoms with E-state index in [4.69, 9.17) is 14.2 Å². The van der Waals surface area contributed by atoms with Gasteiger partial charge in [-0.3, -0.25) is 0 Å². The number of methoxy groups -OCH3 is 1. The van der Waals surface area contributed by atoms with Gasteiger partial charge in [0, 0.05) is 46.3 Å². The number of hydrogen-bond donors (Lipinski definition) is 1. The monoisotopic (exact) mass is 781 g/mol. The number of fused-ring (bicyclic) bond motifs is 10. The van der Waals surface area contributed by atoms with Crippen molar-refractivity contribution in [1.82, 2.24) is 0 Å². The molecule has 1 spiro atoms. The van der Waals surface area contributed by atoms with E-state index in [2.05, 4.69) is 149 Å². The molecule has 1 N–H and O–H groups in total. The number of aryl methyl sites for hydroxylation is 1. The van der Waals surface area contributed by atoms with Gasteiger partial charge in [-0.25, -0.2) is 0 Å². The van der Waals surface area contributed by atoms with Gasteiger partial charge in [-0.1, -0.05) is 112 Å². The van der Waals surface area contributed by atoms with Crippen molar-refractivity contribution in [3.05, 3.63) is 154 Å². The molecule has 300 valence electrons. The lowest BCUT2D eigenvalue weighted by molar-refractivity contribution is 0.0642. The summed E-state index contributed by atoms with van der Waals surface area (Å²) in [5.41, 5.74) is 13.1. The average Bonchev–Trinajstić information content (AvgIpc) is 3.50. The molecule has 59 heavy (non-hydrogen) atoms. The second-order valence-corrected chi connectivity index (χ2v) is 19.1. The van der Waals surface area contributed by atoms with Crippen LogP contribution in [0.1, 0.15) is 85.9 Å². The van der Waals surface area contributed by atoms with Crippen molar-refractivity contribution < 1.29 is 19.3 Å². The molecule has 4 aliphatic rings. The zero-order chi connectivity index (χ0) is 40.7. The van der Waals surface area contributed by atoms with Crippen LogP contribution in [0.3, 0.4) is 0 Å². The minimum atomic E-state index is -0.909. The molecule has 6 aromatic rings. The number of anilines is 1. The minimum absolute atomic E-state index is 0.0743. The normalized spacial score (nSPS) is 20.8. The summed E-state index contributed by atoms with van der Waals surface area (Å²) < 4.78 is 19.1. The Morgan fingerprint density at radius 1 is 0.729 bits per heavy atom. The Hall–Kier alpha value is -5.36. The van der Waals surface area contributed by atoms with Gasteiger partial charge in [0.2, 0.25) is 0 Å². The fourth-order valence-corrected chi connectivity index (χ4v) is 11.9. The molecule has 5 nitrogen and oxygen atoms in total. The van der Waals surface area contributed by atoms with Crippen LogP contribution in [0.2, 0.25) is 0 Å². The molecular weight excluding hydrogens is 727 g/mol. The van der Waals surface area contributed by atoms with Crippen molar-refractivity contribution in [1.29, 1.82) is 0 Å². The summed E-state index contributed by atoms with van der Waals surface area (Å²) in [4.78, 5) is 2.38. The highest BCUT2D eigenvalue weighted by atomic mass is 16.5. The van der Waals surface area contributed by atoms with E-state index < -0.39 is 5.60 Å². The van der Waals surface area contributed by atoms with Crippen LogP contribution in [0.5, 0.6) is 11.5 Å². The summed E-state index contributed by atoms with van der Waals surface area (Å²) >= 11 is 0. The van der Waals surface area contributed by atoms with Gasteiger partial charge in [-0.15, -0.1) is 0 Å². The van der Waals surface area contributed by atoms with Gasteiger partial charge in [-0.05, 0) is 124 Å². The molecule has 0 bridgehead atoms. The van der Waals surface area contributed by atoms with E-state index in [1.165, 1.54) is 39.1 Å². The minimum Gasteiger partial charge on any atom is -0.497 e. The van der Waals surface area contributed by atoms with Crippen LogP contribution in [0.25, 0.3) is 39.1 Å².